The number of anilines is 1. The molecule has 1 aromatic heterocycles. The molecular weight excluding hydrogens is 256 g/mol. The zero-order valence-electron chi connectivity index (χ0n) is 12.0. The molecule has 0 atom stereocenters. The Hall–Kier alpha value is -1.62. The lowest BCUT2D eigenvalue weighted by atomic mass is 9.86. The molecule has 1 aliphatic carbocycles. The van der Waals surface area contributed by atoms with Crippen LogP contribution in [0, 0.1) is 5.92 Å². The molecule has 5 nitrogen and oxygen atoms in total. The zero-order valence-corrected chi connectivity index (χ0v) is 12.0. The highest BCUT2D eigenvalue weighted by molar-refractivity contribution is 5.91. The standard InChI is InChI=1S/C15H22N2O3/c1-10(2)20-13-6-3-11(4-7-13)15(19)17-14-8-5-12(18)9-16-14/h5,8-11,13,18H,3-4,6-7H2,1-2H3,(H,16,17,19)/t11-,13+. The maximum absolute atomic E-state index is 12.1. The first-order chi connectivity index (χ1) is 9.54. The van der Waals surface area contributed by atoms with Gasteiger partial charge in [0.15, 0.2) is 0 Å². The van der Waals surface area contributed by atoms with Gasteiger partial charge >= 0.3 is 0 Å². The number of hydrogen-bond donors (Lipinski definition) is 2. The number of carbonyl (C=O) groups excluding carboxylic acids is 1. The molecule has 0 spiro atoms. The molecule has 1 fully saturated rings. The SMILES string of the molecule is CC(C)O[C@H]1CC[C@@H](C(=O)Nc2ccc(O)cn2)CC1. The number of carbonyl (C=O) groups is 1. The van der Waals surface area contributed by atoms with E-state index >= 15 is 0 Å². The van der Waals surface area contributed by atoms with Crippen LogP contribution in [0.2, 0.25) is 0 Å². The van der Waals surface area contributed by atoms with Crippen LogP contribution in [0.25, 0.3) is 0 Å². The van der Waals surface area contributed by atoms with Crippen molar-refractivity contribution in [3.63, 3.8) is 0 Å². The first kappa shape index (κ1) is 14.8. The summed E-state index contributed by atoms with van der Waals surface area (Å²) in [5.74, 6) is 0.603. The third-order valence-corrected chi connectivity index (χ3v) is 3.51. The lowest BCUT2D eigenvalue weighted by molar-refractivity contribution is -0.122. The van der Waals surface area contributed by atoms with E-state index in [9.17, 15) is 4.79 Å². The Balaban J connectivity index is 1.81. The summed E-state index contributed by atoms with van der Waals surface area (Å²) in [4.78, 5) is 16.1. The van der Waals surface area contributed by atoms with Crippen LogP contribution in [0.4, 0.5) is 5.82 Å². The van der Waals surface area contributed by atoms with Crippen LogP contribution in [-0.4, -0.2) is 28.2 Å². The van der Waals surface area contributed by atoms with E-state index in [2.05, 4.69) is 10.3 Å². The van der Waals surface area contributed by atoms with Gasteiger partial charge in [-0.1, -0.05) is 0 Å². The quantitative estimate of drug-likeness (QED) is 0.888. The van der Waals surface area contributed by atoms with Gasteiger partial charge in [0, 0.05) is 5.92 Å². The number of hydrogen-bond acceptors (Lipinski definition) is 4. The Morgan fingerprint density at radius 3 is 2.60 bits per heavy atom. The normalized spacial score (nSPS) is 22.8. The van der Waals surface area contributed by atoms with Gasteiger partial charge in [0.1, 0.15) is 11.6 Å². The van der Waals surface area contributed by atoms with Crippen molar-refractivity contribution in [2.24, 2.45) is 5.92 Å². The predicted molar refractivity (Wildman–Crippen MR) is 76.5 cm³/mol. The van der Waals surface area contributed by atoms with E-state index in [1.54, 1.807) is 6.07 Å². The molecule has 0 unspecified atom stereocenters. The Morgan fingerprint density at radius 2 is 2.05 bits per heavy atom. The van der Waals surface area contributed by atoms with Crippen LogP contribution in [0.1, 0.15) is 39.5 Å². The van der Waals surface area contributed by atoms with E-state index in [0.29, 0.717) is 5.82 Å². The molecule has 0 saturated heterocycles. The van der Waals surface area contributed by atoms with Crippen molar-refractivity contribution in [1.29, 1.82) is 0 Å². The minimum Gasteiger partial charge on any atom is -0.506 e. The Labute approximate surface area is 119 Å². The number of ether oxygens (including phenoxy) is 1. The maximum Gasteiger partial charge on any atom is 0.228 e. The van der Waals surface area contributed by atoms with E-state index in [1.807, 2.05) is 13.8 Å². The summed E-state index contributed by atoms with van der Waals surface area (Å²) in [7, 11) is 0. The third-order valence-electron chi connectivity index (χ3n) is 3.51. The van der Waals surface area contributed by atoms with Crippen molar-refractivity contribution in [2.45, 2.75) is 51.7 Å². The van der Waals surface area contributed by atoms with Crippen molar-refractivity contribution >= 4 is 11.7 Å². The van der Waals surface area contributed by atoms with Crippen molar-refractivity contribution in [1.82, 2.24) is 4.98 Å². The van der Waals surface area contributed by atoms with Crippen LogP contribution in [0.15, 0.2) is 18.3 Å². The Morgan fingerprint density at radius 1 is 1.35 bits per heavy atom. The van der Waals surface area contributed by atoms with Gasteiger partial charge in [-0.05, 0) is 51.7 Å². The molecule has 0 aliphatic heterocycles. The second kappa shape index (κ2) is 6.70. The van der Waals surface area contributed by atoms with E-state index in [1.165, 1.54) is 12.3 Å². The molecule has 2 N–H and O–H groups in total. The number of nitrogens with one attached hydrogen (secondary N) is 1. The van der Waals surface area contributed by atoms with Crippen LogP contribution >= 0.6 is 0 Å². The number of aromatic hydroxyl groups is 1. The average Bonchev–Trinajstić information content (AvgIpc) is 2.41. The summed E-state index contributed by atoms with van der Waals surface area (Å²) in [6, 6.07) is 3.11. The molecule has 5 heteroatoms. The number of rotatable bonds is 4. The second-order valence-corrected chi connectivity index (χ2v) is 5.55. The monoisotopic (exact) mass is 278 g/mol. The molecule has 1 amide bonds. The lowest BCUT2D eigenvalue weighted by Crippen LogP contribution is -2.31. The summed E-state index contributed by atoms with van der Waals surface area (Å²) in [5.41, 5.74) is 0. The number of amides is 1. The molecule has 0 radical (unpaired) electrons. The smallest absolute Gasteiger partial charge is 0.228 e. The van der Waals surface area contributed by atoms with Crippen molar-refractivity contribution in [3.8, 4) is 5.75 Å². The van der Waals surface area contributed by atoms with Crippen LogP contribution in [-0.2, 0) is 9.53 Å². The van der Waals surface area contributed by atoms with E-state index in [4.69, 9.17) is 9.84 Å². The minimum atomic E-state index is 0.00573. The molecule has 0 aromatic carbocycles. The van der Waals surface area contributed by atoms with Gasteiger partial charge in [-0.25, -0.2) is 4.98 Å². The Bertz CT molecular complexity index is 437. The van der Waals surface area contributed by atoms with Gasteiger partial charge in [-0.3, -0.25) is 4.79 Å². The summed E-state index contributed by atoms with van der Waals surface area (Å²) in [6.45, 7) is 4.07. The topological polar surface area (TPSA) is 71.5 Å². The minimum absolute atomic E-state index is 0.00573. The van der Waals surface area contributed by atoms with Gasteiger partial charge in [-0.2, -0.15) is 0 Å². The highest BCUT2D eigenvalue weighted by Gasteiger charge is 2.27. The number of aromatic nitrogens is 1. The molecule has 1 saturated carbocycles. The molecule has 0 bridgehead atoms. The molecule has 110 valence electrons. The summed E-state index contributed by atoms with van der Waals surface area (Å²) >= 11 is 0. The Kier molecular flexibility index (Phi) is 4.95. The third kappa shape index (κ3) is 4.20. The second-order valence-electron chi connectivity index (χ2n) is 5.55. The van der Waals surface area contributed by atoms with Gasteiger partial charge in [-0.15, -0.1) is 0 Å². The maximum atomic E-state index is 12.1. The molecule has 1 aliphatic rings. The zero-order chi connectivity index (χ0) is 14.5. The average molecular weight is 278 g/mol. The fourth-order valence-corrected chi connectivity index (χ4v) is 2.53. The molecular formula is C15H22N2O3. The molecule has 1 heterocycles. The highest BCUT2D eigenvalue weighted by atomic mass is 16.5. The number of pyridine rings is 1. The van der Waals surface area contributed by atoms with Crippen molar-refractivity contribution < 1.29 is 14.6 Å². The van der Waals surface area contributed by atoms with Crippen LogP contribution < -0.4 is 5.32 Å². The molecule has 1 aromatic rings. The first-order valence-corrected chi connectivity index (χ1v) is 7.16. The summed E-state index contributed by atoms with van der Waals surface area (Å²) in [6.07, 6.45) is 5.40. The van der Waals surface area contributed by atoms with E-state index in [0.717, 1.165) is 25.7 Å². The number of nitrogens with zero attached hydrogens (tertiary/aromatic N) is 1. The van der Waals surface area contributed by atoms with Gasteiger partial charge in [0.05, 0.1) is 18.4 Å². The molecule has 2 rings (SSSR count). The van der Waals surface area contributed by atoms with Crippen molar-refractivity contribution in [3.05, 3.63) is 18.3 Å². The fourth-order valence-electron chi connectivity index (χ4n) is 2.53. The highest BCUT2D eigenvalue weighted by Crippen LogP contribution is 2.28. The summed E-state index contributed by atoms with van der Waals surface area (Å²) < 4.78 is 5.78. The predicted octanol–water partition coefficient (Wildman–Crippen LogP) is 2.71. The summed E-state index contributed by atoms with van der Waals surface area (Å²) in [5, 5.41) is 11.9. The first-order valence-electron chi connectivity index (χ1n) is 7.16. The van der Waals surface area contributed by atoms with Crippen LogP contribution in [0.5, 0.6) is 5.75 Å². The largest absolute Gasteiger partial charge is 0.506 e. The van der Waals surface area contributed by atoms with Crippen molar-refractivity contribution in [2.75, 3.05) is 5.32 Å². The fraction of sp³-hybridized carbons (Fsp3) is 0.600. The van der Waals surface area contributed by atoms with Gasteiger partial charge in [0.2, 0.25) is 5.91 Å². The lowest BCUT2D eigenvalue weighted by Gasteiger charge is -2.29. The van der Waals surface area contributed by atoms with Crippen LogP contribution in [0.3, 0.4) is 0 Å². The van der Waals surface area contributed by atoms with E-state index < -0.39 is 0 Å². The molecule has 20 heavy (non-hydrogen) atoms. The van der Waals surface area contributed by atoms with Gasteiger partial charge in [0.25, 0.3) is 0 Å². The van der Waals surface area contributed by atoms with E-state index in [-0.39, 0.29) is 29.8 Å². The van der Waals surface area contributed by atoms with Gasteiger partial charge < -0.3 is 15.2 Å².